The zero-order valence-electron chi connectivity index (χ0n) is 21.7. The molecule has 0 saturated heterocycles. The lowest BCUT2D eigenvalue weighted by molar-refractivity contribution is -0.941. The fourth-order valence-corrected chi connectivity index (χ4v) is 5.31. The average Bonchev–Trinajstić information content (AvgIpc) is 2.86. The van der Waals surface area contributed by atoms with Gasteiger partial charge in [-0.05, 0) is 35.4 Å². The number of fused-ring (bicyclic) bond motifs is 1. The van der Waals surface area contributed by atoms with E-state index in [4.69, 9.17) is 23.7 Å². The fraction of sp³-hybridized carbons (Fsp3) is 0.520. The van der Waals surface area contributed by atoms with Gasteiger partial charge in [-0.15, -0.1) is 0 Å². The van der Waals surface area contributed by atoms with E-state index in [9.17, 15) is 13.0 Å². The number of quaternary nitrogens is 1. The number of benzene rings is 2. The highest BCUT2D eigenvalue weighted by molar-refractivity contribution is 7.80. The van der Waals surface area contributed by atoms with Crippen LogP contribution in [0.15, 0.2) is 24.3 Å². The fourth-order valence-electron chi connectivity index (χ4n) is 4.99. The lowest BCUT2D eigenvalue weighted by Crippen LogP contribution is -2.52. The summed E-state index contributed by atoms with van der Waals surface area (Å²) in [7, 11) is 5.36. The Kier molecular flexibility index (Phi) is 8.93. The minimum absolute atomic E-state index is 0.0137. The molecule has 3 rings (SSSR count). The maximum absolute atomic E-state index is 10.9. The van der Waals surface area contributed by atoms with E-state index in [0.717, 1.165) is 24.1 Å². The van der Waals surface area contributed by atoms with Crippen LogP contribution < -0.4 is 23.7 Å². The summed E-state index contributed by atoms with van der Waals surface area (Å²) in [5.74, 6) is 2.97. The second-order valence-electron chi connectivity index (χ2n) is 8.92. The van der Waals surface area contributed by atoms with E-state index in [-0.39, 0.29) is 12.6 Å². The minimum atomic E-state index is -4.72. The lowest BCUT2D eigenvalue weighted by atomic mass is 9.86. The largest absolute Gasteiger partial charge is 0.726 e. The number of likely N-dealkylation sites (N-methyl/N-ethyl adjacent to an activating group) is 1. The molecule has 36 heavy (non-hydrogen) atoms. The number of hydrogen-bond acceptors (Lipinski definition) is 9. The first-order chi connectivity index (χ1) is 17.1. The van der Waals surface area contributed by atoms with Crippen LogP contribution in [-0.4, -0.2) is 79.7 Å². The summed E-state index contributed by atoms with van der Waals surface area (Å²) in [6.07, 6.45) is 1.85. The highest BCUT2D eigenvalue weighted by Gasteiger charge is 2.40. The van der Waals surface area contributed by atoms with Gasteiger partial charge >= 0.3 is 0 Å². The molecule has 0 amide bonds. The predicted octanol–water partition coefficient (Wildman–Crippen LogP) is 2.88. The Labute approximate surface area is 213 Å². The summed E-state index contributed by atoms with van der Waals surface area (Å²) in [4.78, 5) is 0. The molecule has 2 aromatic rings. The van der Waals surface area contributed by atoms with Crippen LogP contribution >= 0.6 is 0 Å². The molecule has 0 aromatic heterocycles. The first kappa shape index (κ1) is 27.9. The standard InChI is InChI=1S/C25H35NO9S/c1-26(9-7-11-35-36(27,28)29)10-8-18-15-21(30-2)22(31-3)16-19(18)20(26)12-17-13-23(32-4)25(34-6)24(14-17)33-5/h13-16,20H,7-12H2,1-6H3/t20-,26-/m1/s1/i1+1. The van der Waals surface area contributed by atoms with Crippen molar-refractivity contribution in [3.05, 3.63) is 41.0 Å². The van der Waals surface area contributed by atoms with Crippen LogP contribution in [0.2, 0.25) is 0 Å². The zero-order chi connectivity index (χ0) is 26.5. The van der Waals surface area contributed by atoms with Gasteiger partial charge in [0.1, 0.15) is 6.04 Å². The van der Waals surface area contributed by atoms with Crippen molar-refractivity contribution >= 4 is 10.4 Å². The highest BCUT2D eigenvalue weighted by atomic mass is 32.3. The number of nitrogens with zero attached hydrogens (tertiary/aromatic N) is 1. The number of rotatable bonds is 12. The summed E-state index contributed by atoms with van der Waals surface area (Å²) >= 11 is 0. The molecule has 0 bridgehead atoms. The van der Waals surface area contributed by atoms with Crippen molar-refractivity contribution in [3.63, 3.8) is 0 Å². The van der Waals surface area contributed by atoms with E-state index in [1.807, 2.05) is 24.3 Å². The van der Waals surface area contributed by atoms with Gasteiger partial charge in [0.15, 0.2) is 23.0 Å². The zero-order valence-corrected chi connectivity index (χ0v) is 22.5. The number of hydrogen-bond donors (Lipinski definition) is 0. The molecule has 2 atom stereocenters. The lowest BCUT2D eigenvalue weighted by Gasteiger charge is -2.46. The van der Waals surface area contributed by atoms with Gasteiger partial charge in [0.05, 0.1) is 62.3 Å². The summed E-state index contributed by atoms with van der Waals surface area (Å²) < 4.78 is 65.5. The van der Waals surface area contributed by atoms with Gasteiger partial charge in [0, 0.05) is 24.8 Å². The quantitative estimate of drug-likeness (QED) is 0.135. The molecule has 0 radical (unpaired) electrons. The molecule has 200 valence electrons. The van der Waals surface area contributed by atoms with Crippen LogP contribution in [0.25, 0.3) is 0 Å². The van der Waals surface area contributed by atoms with E-state index in [2.05, 4.69) is 11.2 Å². The van der Waals surface area contributed by atoms with Crippen molar-refractivity contribution in [3.8, 4) is 28.7 Å². The summed E-state index contributed by atoms with van der Waals surface area (Å²) in [5, 5.41) is 0. The highest BCUT2D eigenvalue weighted by Crippen LogP contribution is 2.44. The average molecular weight is 527 g/mol. The first-order valence-corrected chi connectivity index (χ1v) is 12.9. The van der Waals surface area contributed by atoms with Crippen LogP contribution in [0.4, 0.5) is 0 Å². The summed E-state index contributed by atoms with van der Waals surface area (Å²) in [6, 6.07) is 7.90. The Morgan fingerprint density at radius 1 is 0.889 bits per heavy atom. The molecular weight excluding hydrogens is 491 g/mol. The van der Waals surface area contributed by atoms with Crippen molar-refractivity contribution in [2.45, 2.75) is 25.3 Å². The van der Waals surface area contributed by atoms with Crippen LogP contribution in [0.3, 0.4) is 0 Å². The molecule has 0 fully saturated rings. The molecule has 0 N–H and O–H groups in total. The van der Waals surface area contributed by atoms with Crippen molar-refractivity contribution < 1.29 is 45.3 Å². The van der Waals surface area contributed by atoms with Crippen molar-refractivity contribution in [2.24, 2.45) is 0 Å². The van der Waals surface area contributed by atoms with Crippen LogP contribution in [0.1, 0.15) is 29.2 Å². The second-order valence-corrected chi connectivity index (χ2v) is 9.97. The molecule has 0 unspecified atom stereocenters. The third-order valence-corrected chi connectivity index (χ3v) is 7.30. The molecule has 1 aliphatic heterocycles. The van der Waals surface area contributed by atoms with Crippen LogP contribution in [-0.2, 0) is 27.4 Å². The first-order valence-electron chi connectivity index (χ1n) is 11.6. The Morgan fingerprint density at radius 2 is 1.47 bits per heavy atom. The van der Waals surface area contributed by atoms with Gasteiger partial charge in [-0.1, -0.05) is 0 Å². The van der Waals surface area contributed by atoms with E-state index >= 15 is 0 Å². The predicted molar refractivity (Wildman–Crippen MR) is 132 cm³/mol. The molecule has 10 nitrogen and oxygen atoms in total. The third kappa shape index (κ3) is 6.15. The molecule has 0 saturated carbocycles. The van der Waals surface area contributed by atoms with Gasteiger partial charge in [-0.2, -0.15) is 0 Å². The van der Waals surface area contributed by atoms with E-state index < -0.39 is 10.4 Å². The Bertz CT molecular complexity index is 1140. The second kappa shape index (κ2) is 11.5. The maximum atomic E-state index is 10.9. The smallest absolute Gasteiger partial charge is 0.217 e. The van der Waals surface area contributed by atoms with Gasteiger partial charge in [0.25, 0.3) is 0 Å². The third-order valence-electron chi connectivity index (χ3n) is 6.84. The molecule has 1 aliphatic rings. The van der Waals surface area contributed by atoms with E-state index in [0.29, 0.717) is 52.6 Å². The summed E-state index contributed by atoms with van der Waals surface area (Å²) in [5.41, 5.74) is 3.27. The topological polar surface area (TPSA) is 113 Å². The SMILES string of the molecule is COc1cc2c(cc1OC)[C@@H](Cc1cc(OC)c(OC)c(OC)c1)[N@+]([13CH3])(CCCOS(=O)(=O)[O-])CC2. The number of ether oxygens (including phenoxy) is 5. The Morgan fingerprint density at radius 3 is 2.00 bits per heavy atom. The number of methoxy groups -OCH3 is 5. The Hall–Kier alpha value is -2.73. The molecule has 2 aromatic carbocycles. The monoisotopic (exact) mass is 526 g/mol. The summed E-state index contributed by atoms with van der Waals surface area (Å²) in [6.45, 7) is 1.26. The molecule has 0 aliphatic carbocycles. The van der Waals surface area contributed by atoms with Crippen molar-refractivity contribution in [2.75, 3.05) is 62.3 Å². The minimum Gasteiger partial charge on any atom is -0.726 e. The molecule has 0 spiro atoms. The van der Waals surface area contributed by atoms with Gasteiger partial charge in [-0.25, -0.2) is 8.42 Å². The van der Waals surface area contributed by atoms with Crippen molar-refractivity contribution in [1.29, 1.82) is 0 Å². The molecule has 11 heteroatoms. The van der Waals surface area contributed by atoms with Gasteiger partial charge < -0.3 is 32.7 Å². The molecule has 1 heterocycles. The van der Waals surface area contributed by atoms with Crippen LogP contribution in [0, 0.1) is 0 Å². The van der Waals surface area contributed by atoms with Gasteiger partial charge in [0.2, 0.25) is 16.1 Å². The molecular formula is C25H35NO9S. The Balaban J connectivity index is 2.04. The van der Waals surface area contributed by atoms with Crippen molar-refractivity contribution in [1.82, 2.24) is 0 Å². The normalized spacial score (nSPS) is 19.4. The van der Waals surface area contributed by atoms with Crippen LogP contribution in [0.5, 0.6) is 28.7 Å². The van der Waals surface area contributed by atoms with Gasteiger partial charge in [-0.3, -0.25) is 4.18 Å². The van der Waals surface area contributed by atoms with E-state index in [1.54, 1.807) is 35.5 Å². The maximum Gasteiger partial charge on any atom is 0.217 e. The van der Waals surface area contributed by atoms with E-state index in [1.165, 1.54) is 5.56 Å².